The Morgan fingerprint density at radius 1 is 1.19 bits per heavy atom. The van der Waals surface area contributed by atoms with Gasteiger partial charge in [0.2, 0.25) is 0 Å². The van der Waals surface area contributed by atoms with E-state index < -0.39 is 23.6 Å². The highest BCUT2D eigenvalue weighted by atomic mass is 35.5. The van der Waals surface area contributed by atoms with Gasteiger partial charge in [0.05, 0.1) is 11.6 Å². The first kappa shape index (κ1) is 19.5. The fourth-order valence-corrected chi connectivity index (χ4v) is 3.33. The first-order valence-electron chi connectivity index (χ1n) is 8.27. The number of hydrogen-bond donors (Lipinski definition) is 2. The van der Waals surface area contributed by atoms with Crippen molar-refractivity contribution >= 4 is 35.1 Å². The van der Waals surface area contributed by atoms with Crippen molar-refractivity contribution in [2.45, 2.75) is 18.6 Å². The van der Waals surface area contributed by atoms with Gasteiger partial charge in [-0.1, -0.05) is 53.5 Å². The lowest BCUT2D eigenvalue weighted by Crippen LogP contribution is -2.42. The summed E-state index contributed by atoms with van der Waals surface area (Å²) in [4.78, 5) is 26.1. The second-order valence-corrected chi connectivity index (χ2v) is 7.22. The van der Waals surface area contributed by atoms with Crippen LogP contribution in [-0.4, -0.2) is 41.2 Å². The van der Waals surface area contributed by atoms with Crippen molar-refractivity contribution in [2.75, 3.05) is 13.2 Å². The highest BCUT2D eigenvalue weighted by Crippen LogP contribution is 2.29. The Morgan fingerprint density at radius 3 is 2.56 bits per heavy atom. The Balaban J connectivity index is 1.65. The third-order valence-electron chi connectivity index (χ3n) is 4.34. The molecule has 1 saturated heterocycles. The Bertz CT molecular complexity index is 862. The number of rotatable bonds is 6. The van der Waals surface area contributed by atoms with E-state index in [1.165, 1.54) is 6.07 Å². The Labute approximate surface area is 166 Å². The largest absolute Gasteiger partial charge is 0.489 e. The van der Waals surface area contributed by atoms with Gasteiger partial charge in [0.25, 0.3) is 5.91 Å². The molecule has 2 aromatic rings. The summed E-state index contributed by atoms with van der Waals surface area (Å²) in [6.45, 7) is 1.30. The summed E-state index contributed by atoms with van der Waals surface area (Å²) in [7, 11) is 0. The number of halogens is 2. The van der Waals surface area contributed by atoms with E-state index in [9.17, 15) is 14.7 Å². The number of benzene rings is 2. The van der Waals surface area contributed by atoms with Crippen LogP contribution in [0.3, 0.4) is 0 Å². The van der Waals surface area contributed by atoms with Crippen LogP contribution >= 0.6 is 23.2 Å². The van der Waals surface area contributed by atoms with Crippen LogP contribution in [0.15, 0.2) is 48.5 Å². The lowest BCUT2D eigenvalue weighted by Gasteiger charge is -2.23. The quantitative estimate of drug-likeness (QED) is 0.719. The normalized spacial score (nSPS) is 20.5. The lowest BCUT2D eigenvalue weighted by molar-refractivity contribution is -0.132. The van der Waals surface area contributed by atoms with E-state index in [1.54, 1.807) is 43.3 Å². The van der Waals surface area contributed by atoms with E-state index in [4.69, 9.17) is 27.9 Å². The Hall–Kier alpha value is -2.28. The van der Waals surface area contributed by atoms with E-state index >= 15 is 0 Å². The minimum Gasteiger partial charge on any atom is -0.489 e. The van der Waals surface area contributed by atoms with E-state index in [2.05, 4.69) is 5.32 Å². The van der Waals surface area contributed by atoms with Crippen LogP contribution in [0.2, 0.25) is 10.0 Å². The lowest BCUT2D eigenvalue weighted by atomic mass is 9.92. The molecule has 8 heteroatoms. The number of nitrogens with zero attached hydrogens (tertiary/aromatic N) is 1. The molecular weight excluding hydrogens is 391 g/mol. The molecule has 0 aromatic heterocycles. The summed E-state index contributed by atoms with van der Waals surface area (Å²) in [6, 6.07) is 13.1. The first-order chi connectivity index (χ1) is 12.8. The first-order valence-corrected chi connectivity index (χ1v) is 9.02. The summed E-state index contributed by atoms with van der Waals surface area (Å²) in [5.74, 6) is -0.0753. The molecule has 6 nitrogen and oxygen atoms in total. The van der Waals surface area contributed by atoms with Crippen LogP contribution in [0.25, 0.3) is 0 Å². The molecule has 1 aliphatic heterocycles. The van der Waals surface area contributed by atoms with Crippen molar-refractivity contribution in [1.82, 2.24) is 10.2 Å². The van der Waals surface area contributed by atoms with Gasteiger partial charge >= 0.3 is 6.03 Å². The average Bonchev–Trinajstić information content (AvgIpc) is 2.86. The molecule has 3 amide bonds. The predicted molar refractivity (Wildman–Crippen MR) is 102 cm³/mol. The molecule has 0 aliphatic carbocycles. The number of amides is 3. The number of imide groups is 1. The number of carbonyl (C=O) groups is 2. The fraction of sp³-hybridized carbons (Fsp3) is 0.263. The Morgan fingerprint density at radius 2 is 1.89 bits per heavy atom. The van der Waals surface area contributed by atoms with Gasteiger partial charge in [-0.3, -0.25) is 9.69 Å². The monoisotopic (exact) mass is 408 g/mol. The number of ether oxygens (including phenoxy) is 1. The molecule has 2 atom stereocenters. The third-order valence-corrected chi connectivity index (χ3v) is 4.88. The number of urea groups is 1. The van der Waals surface area contributed by atoms with Crippen LogP contribution in [-0.2, 0) is 10.3 Å². The number of carbonyl (C=O) groups excluding carboxylic acids is 2. The SMILES string of the molecule is CC1(c2ccccc2)NC(=O)N(CC(O)COc2ccc(Cl)cc2Cl)C1=O. The molecule has 1 heterocycles. The van der Waals surface area contributed by atoms with Gasteiger partial charge in [0.1, 0.15) is 24.0 Å². The van der Waals surface area contributed by atoms with Crippen LogP contribution in [0, 0.1) is 0 Å². The molecule has 27 heavy (non-hydrogen) atoms. The number of aliphatic hydroxyl groups excluding tert-OH is 1. The van der Waals surface area contributed by atoms with Gasteiger partial charge in [0, 0.05) is 5.02 Å². The predicted octanol–water partition coefficient (Wildman–Crippen LogP) is 3.20. The van der Waals surface area contributed by atoms with Crippen molar-refractivity contribution in [3.05, 3.63) is 64.1 Å². The summed E-state index contributed by atoms with van der Waals surface area (Å²) in [5, 5.41) is 13.7. The smallest absolute Gasteiger partial charge is 0.325 e. The minimum atomic E-state index is -1.17. The number of hydrogen-bond acceptors (Lipinski definition) is 4. The van der Waals surface area contributed by atoms with Crippen molar-refractivity contribution in [3.8, 4) is 5.75 Å². The van der Waals surface area contributed by atoms with Crippen LogP contribution < -0.4 is 10.1 Å². The molecule has 0 radical (unpaired) electrons. The van der Waals surface area contributed by atoms with E-state index in [1.807, 2.05) is 6.07 Å². The highest BCUT2D eigenvalue weighted by molar-refractivity contribution is 6.35. The van der Waals surface area contributed by atoms with Gasteiger partial charge in [-0.15, -0.1) is 0 Å². The zero-order chi connectivity index (χ0) is 19.6. The third kappa shape index (κ3) is 4.03. The molecular formula is C19H18Cl2N2O4. The maximum absolute atomic E-state index is 12.8. The van der Waals surface area contributed by atoms with Crippen LogP contribution in [0.5, 0.6) is 5.75 Å². The molecule has 1 fully saturated rings. The van der Waals surface area contributed by atoms with Gasteiger partial charge in [-0.2, -0.15) is 0 Å². The van der Waals surface area contributed by atoms with Gasteiger partial charge in [-0.25, -0.2) is 4.79 Å². The van der Waals surface area contributed by atoms with E-state index in [0.29, 0.717) is 21.4 Å². The van der Waals surface area contributed by atoms with Gasteiger partial charge in [-0.05, 0) is 30.7 Å². The van der Waals surface area contributed by atoms with Crippen LogP contribution in [0.1, 0.15) is 12.5 Å². The molecule has 2 unspecified atom stereocenters. The number of aliphatic hydroxyl groups is 1. The average molecular weight is 409 g/mol. The maximum Gasteiger partial charge on any atom is 0.325 e. The van der Waals surface area contributed by atoms with Crippen LogP contribution in [0.4, 0.5) is 4.79 Å². The van der Waals surface area contributed by atoms with E-state index in [0.717, 1.165) is 4.90 Å². The highest BCUT2D eigenvalue weighted by Gasteiger charge is 2.49. The maximum atomic E-state index is 12.8. The second kappa shape index (κ2) is 7.76. The standard InChI is InChI=1S/C19H18Cl2N2O4/c1-19(12-5-3-2-4-6-12)17(25)23(18(26)22-19)10-14(24)11-27-16-8-7-13(20)9-15(16)21/h2-9,14,24H,10-11H2,1H3,(H,22,26). The van der Waals surface area contributed by atoms with Crippen molar-refractivity contribution in [2.24, 2.45) is 0 Å². The van der Waals surface area contributed by atoms with Gasteiger partial charge in [0.15, 0.2) is 0 Å². The molecule has 2 N–H and O–H groups in total. The molecule has 3 rings (SSSR count). The van der Waals surface area contributed by atoms with Crippen molar-refractivity contribution in [1.29, 1.82) is 0 Å². The molecule has 0 bridgehead atoms. The summed E-state index contributed by atoms with van der Waals surface area (Å²) in [6.07, 6.45) is -1.08. The summed E-state index contributed by atoms with van der Waals surface area (Å²) >= 11 is 11.8. The van der Waals surface area contributed by atoms with Crippen molar-refractivity contribution < 1.29 is 19.4 Å². The zero-order valence-electron chi connectivity index (χ0n) is 14.5. The zero-order valence-corrected chi connectivity index (χ0v) is 16.0. The summed E-state index contributed by atoms with van der Waals surface area (Å²) < 4.78 is 5.46. The topological polar surface area (TPSA) is 78.9 Å². The fourth-order valence-electron chi connectivity index (χ4n) is 2.87. The molecule has 1 aliphatic rings. The summed E-state index contributed by atoms with van der Waals surface area (Å²) in [5.41, 5.74) is -0.497. The van der Waals surface area contributed by atoms with Gasteiger partial charge < -0.3 is 15.2 Å². The molecule has 0 saturated carbocycles. The van der Waals surface area contributed by atoms with E-state index in [-0.39, 0.29) is 13.2 Å². The molecule has 0 spiro atoms. The number of β-amino-alcohol motifs (C(OH)–C–C–N with tert-alkyl or cyclic N) is 1. The van der Waals surface area contributed by atoms with Crippen molar-refractivity contribution in [3.63, 3.8) is 0 Å². The molecule has 2 aromatic carbocycles. The molecule has 142 valence electrons. The Kier molecular flexibility index (Phi) is 5.60. The second-order valence-electron chi connectivity index (χ2n) is 6.38. The minimum absolute atomic E-state index is 0.138. The number of nitrogens with one attached hydrogen (secondary N) is 1.